The van der Waals surface area contributed by atoms with Crippen LogP contribution in [0.5, 0.6) is 0 Å². The second-order valence-electron chi connectivity index (χ2n) is 8.61. The second-order valence-corrected chi connectivity index (χ2v) is 9.64. The third-order valence-electron chi connectivity index (χ3n) is 6.67. The number of nitrogens with zero attached hydrogens (tertiary/aromatic N) is 3. The number of non-ortho nitro benzene ring substituents is 1. The molecule has 6 rings (SSSR count). The first kappa shape index (κ1) is 20.6. The lowest BCUT2D eigenvalue weighted by Gasteiger charge is -2.47. The maximum absolute atomic E-state index is 13.7. The number of piperazine rings is 1. The van der Waals surface area contributed by atoms with Crippen LogP contribution >= 0.6 is 11.3 Å². The summed E-state index contributed by atoms with van der Waals surface area (Å²) in [7, 11) is 0. The van der Waals surface area contributed by atoms with E-state index in [4.69, 9.17) is 0 Å². The Morgan fingerprint density at radius 1 is 1.09 bits per heavy atom. The van der Waals surface area contributed by atoms with Crippen LogP contribution in [0.3, 0.4) is 0 Å². The number of rotatable bonds is 4. The van der Waals surface area contributed by atoms with Gasteiger partial charge in [0.15, 0.2) is 0 Å². The molecular formula is C25H20N4O4S. The smallest absolute Gasteiger partial charge is 0.269 e. The molecule has 2 aliphatic rings. The van der Waals surface area contributed by atoms with E-state index in [0.29, 0.717) is 18.5 Å². The molecule has 0 aliphatic carbocycles. The summed E-state index contributed by atoms with van der Waals surface area (Å²) in [5.41, 5.74) is 3.27. The Balaban J connectivity index is 1.49. The van der Waals surface area contributed by atoms with Crippen molar-refractivity contribution in [1.82, 2.24) is 14.8 Å². The molecule has 1 saturated heterocycles. The van der Waals surface area contributed by atoms with Crippen LogP contribution in [-0.2, 0) is 22.6 Å². The van der Waals surface area contributed by atoms with Gasteiger partial charge in [-0.1, -0.05) is 36.4 Å². The highest BCUT2D eigenvalue weighted by molar-refractivity contribution is 7.09. The lowest BCUT2D eigenvalue weighted by molar-refractivity contribution is -0.384. The zero-order chi connectivity index (χ0) is 23.4. The van der Waals surface area contributed by atoms with Gasteiger partial charge in [-0.25, -0.2) is 0 Å². The molecule has 0 saturated carbocycles. The minimum Gasteiger partial charge on any atom is -0.356 e. The highest BCUT2D eigenvalue weighted by atomic mass is 32.1. The largest absolute Gasteiger partial charge is 0.356 e. The Bertz CT molecular complexity index is 1440. The maximum Gasteiger partial charge on any atom is 0.269 e. The van der Waals surface area contributed by atoms with E-state index in [-0.39, 0.29) is 24.0 Å². The number of hydrogen-bond donors (Lipinski definition) is 1. The monoisotopic (exact) mass is 472 g/mol. The fraction of sp³-hybridized carbons (Fsp3) is 0.200. The standard InChI is InChI=1S/C25H20N4O4S/c30-22-14-27(13-17-7-4-10-34-17)25(31)21-12-19-18-8-1-2-9-20(18)26-23(19)24(28(21)22)15-5-3-6-16(11-15)29(32)33/h1-11,21,24,26H,12-14H2. The number of aromatic nitrogens is 1. The number of fused-ring (bicyclic) bond motifs is 4. The number of H-pyrrole nitrogens is 1. The third kappa shape index (κ3) is 3.19. The summed E-state index contributed by atoms with van der Waals surface area (Å²) in [5.74, 6) is -0.263. The van der Waals surface area contributed by atoms with Crippen molar-refractivity contribution in [2.24, 2.45) is 0 Å². The fourth-order valence-corrected chi connectivity index (χ4v) is 5.92. The van der Waals surface area contributed by atoms with Gasteiger partial charge in [0.25, 0.3) is 5.69 Å². The Labute approximate surface area is 198 Å². The second kappa shape index (κ2) is 7.81. The van der Waals surface area contributed by atoms with Gasteiger partial charge in [-0.05, 0) is 28.6 Å². The van der Waals surface area contributed by atoms with E-state index in [2.05, 4.69) is 4.98 Å². The van der Waals surface area contributed by atoms with Crippen LogP contribution in [0.25, 0.3) is 10.9 Å². The molecule has 0 bridgehead atoms. The predicted molar refractivity (Wildman–Crippen MR) is 127 cm³/mol. The number of carbonyl (C=O) groups is 2. The molecular weight excluding hydrogens is 452 g/mol. The summed E-state index contributed by atoms with van der Waals surface area (Å²) >= 11 is 1.56. The van der Waals surface area contributed by atoms with E-state index in [0.717, 1.165) is 27.0 Å². The number of benzene rings is 2. The molecule has 2 aromatic heterocycles. The number of para-hydroxylation sites is 1. The minimum atomic E-state index is -0.669. The number of amides is 2. The van der Waals surface area contributed by atoms with Gasteiger partial charge in [0.1, 0.15) is 12.6 Å². The summed E-state index contributed by atoms with van der Waals surface area (Å²) in [6, 6.07) is 16.8. The van der Waals surface area contributed by atoms with Gasteiger partial charge < -0.3 is 14.8 Å². The van der Waals surface area contributed by atoms with E-state index >= 15 is 0 Å². The number of thiophene rings is 1. The average molecular weight is 473 g/mol. The van der Waals surface area contributed by atoms with Crippen molar-refractivity contribution in [2.75, 3.05) is 6.54 Å². The number of hydrogen-bond acceptors (Lipinski definition) is 5. The van der Waals surface area contributed by atoms with Crippen molar-refractivity contribution in [3.63, 3.8) is 0 Å². The molecule has 2 amide bonds. The Morgan fingerprint density at radius 2 is 1.94 bits per heavy atom. The summed E-state index contributed by atoms with van der Waals surface area (Å²) in [6.07, 6.45) is 0.399. The van der Waals surface area contributed by atoms with Gasteiger partial charge in [0.05, 0.1) is 17.5 Å². The summed E-state index contributed by atoms with van der Waals surface area (Å²) < 4.78 is 0. The lowest BCUT2D eigenvalue weighted by Crippen LogP contribution is -2.62. The van der Waals surface area contributed by atoms with Gasteiger partial charge in [0.2, 0.25) is 11.8 Å². The molecule has 2 aliphatic heterocycles. The molecule has 0 radical (unpaired) electrons. The summed E-state index contributed by atoms with van der Waals surface area (Å²) in [4.78, 5) is 45.9. The number of carbonyl (C=O) groups excluding carboxylic acids is 2. The molecule has 1 N–H and O–H groups in total. The molecule has 34 heavy (non-hydrogen) atoms. The Kier molecular flexibility index (Phi) is 4.73. The van der Waals surface area contributed by atoms with Crippen LogP contribution in [0.2, 0.25) is 0 Å². The summed E-state index contributed by atoms with van der Waals surface area (Å²) in [6.45, 7) is 0.378. The van der Waals surface area contributed by atoms with Crippen molar-refractivity contribution < 1.29 is 14.5 Å². The molecule has 2 unspecified atom stereocenters. The van der Waals surface area contributed by atoms with Crippen molar-refractivity contribution in [3.05, 3.63) is 97.9 Å². The number of nitro groups is 1. The van der Waals surface area contributed by atoms with Gasteiger partial charge in [-0.2, -0.15) is 0 Å². The van der Waals surface area contributed by atoms with E-state index in [9.17, 15) is 19.7 Å². The molecule has 0 spiro atoms. The molecule has 170 valence electrons. The van der Waals surface area contributed by atoms with Crippen molar-refractivity contribution in [2.45, 2.75) is 25.0 Å². The average Bonchev–Trinajstić information content (AvgIpc) is 3.48. The molecule has 8 nitrogen and oxygen atoms in total. The topological polar surface area (TPSA) is 99.5 Å². The van der Waals surface area contributed by atoms with Crippen molar-refractivity contribution in [1.29, 1.82) is 0 Å². The molecule has 2 atom stereocenters. The van der Waals surface area contributed by atoms with Crippen LogP contribution in [0, 0.1) is 10.1 Å². The molecule has 2 aromatic carbocycles. The maximum atomic E-state index is 13.7. The van der Waals surface area contributed by atoms with E-state index < -0.39 is 17.0 Å². The normalized spacial score (nSPS) is 19.9. The summed E-state index contributed by atoms with van der Waals surface area (Å²) in [5, 5.41) is 14.4. The first-order valence-corrected chi connectivity index (χ1v) is 11.9. The molecule has 4 heterocycles. The van der Waals surface area contributed by atoms with E-state index in [1.165, 1.54) is 12.1 Å². The van der Waals surface area contributed by atoms with Crippen LogP contribution in [0.1, 0.15) is 27.7 Å². The first-order chi connectivity index (χ1) is 16.5. The Hall–Kier alpha value is -3.98. The van der Waals surface area contributed by atoms with E-state index in [1.54, 1.807) is 33.3 Å². The van der Waals surface area contributed by atoms with Gasteiger partial charge >= 0.3 is 0 Å². The molecule has 1 fully saturated rings. The lowest BCUT2D eigenvalue weighted by atomic mass is 9.86. The van der Waals surface area contributed by atoms with Crippen molar-refractivity contribution >= 4 is 39.7 Å². The van der Waals surface area contributed by atoms with Crippen LogP contribution in [-0.4, -0.2) is 44.1 Å². The SMILES string of the molecule is O=C1C2Cc3c([nH]c4ccccc34)C(c3cccc([N+](=O)[O-])c3)N2C(=O)CN1Cc1cccs1. The number of aromatic amines is 1. The zero-order valence-corrected chi connectivity index (χ0v) is 18.8. The third-order valence-corrected chi connectivity index (χ3v) is 7.53. The molecule has 9 heteroatoms. The van der Waals surface area contributed by atoms with Crippen LogP contribution in [0.15, 0.2) is 66.0 Å². The highest BCUT2D eigenvalue weighted by Gasteiger charge is 2.48. The number of nitrogens with one attached hydrogen (secondary N) is 1. The van der Waals surface area contributed by atoms with Crippen LogP contribution < -0.4 is 0 Å². The first-order valence-electron chi connectivity index (χ1n) is 11.0. The quantitative estimate of drug-likeness (QED) is 0.358. The van der Waals surface area contributed by atoms with Gasteiger partial charge in [0, 0.05) is 40.0 Å². The van der Waals surface area contributed by atoms with Gasteiger partial charge in [-0.15, -0.1) is 11.3 Å². The highest BCUT2D eigenvalue weighted by Crippen LogP contribution is 2.43. The zero-order valence-electron chi connectivity index (χ0n) is 18.0. The molecule has 4 aromatic rings. The Morgan fingerprint density at radius 3 is 2.74 bits per heavy atom. The fourth-order valence-electron chi connectivity index (χ4n) is 5.20. The van der Waals surface area contributed by atoms with Crippen LogP contribution in [0.4, 0.5) is 5.69 Å². The van der Waals surface area contributed by atoms with Gasteiger partial charge in [-0.3, -0.25) is 19.7 Å². The number of nitro benzene ring substituents is 1. The predicted octanol–water partition coefficient (Wildman–Crippen LogP) is 4.02. The van der Waals surface area contributed by atoms with Crippen molar-refractivity contribution in [3.8, 4) is 0 Å². The minimum absolute atomic E-state index is 0.0196. The van der Waals surface area contributed by atoms with E-state index in [1.807, 2.05) is 41.8 Å².